The molecule has 0 spiro atoms. The summed E-state index contributed by atoms with van der Waals surface area (Å²) < 4.78 is 9.80. The van der Waals surface area contributed by atoms with E-state index in [1.165, 1.54) is 4.90 Å². The van der Waals surface area contributed by atoms with Crippen molar-refractivity contribution in [2.75, 3.05) is 46.5 Å². The molecular weight excluding hydrogens is 236 g/mol. The number of hydrogen-bond acceptors (Lipinski definition) is 4. The fourth-order valence-corrected chi connectivity index (χ4v) is 1.50. The molecule has 0 saturated carbocycles. The summed E-state index contributed by atoms with van der Waals surface area (Å²) >= 11 is 0. The van der Waals surface area contributed by atoms with Crippen molar-refractivity contribution in [2.24, 2.45) is 0 Å². The van der Waals surface area contributed by atoms with E-state index in [1.807, 2.05) is 13.8 Å². The minimum absolute atomic E-state index is 0.0352. The molecule has 18 heavy (non-hydrogen) atoms. The van der Waals surface area contributed by atoms with Crippen molar-refractivity contribution in [3.8, 4) is 0 Å². The first-order chi connectivity index (χ1) is 8.60. The largest absolute Gasteiger partial charge is 0.465 e. The van der Waals surface area contributed by atoms with E-state index >= 15 is 0 Å². The number of carbonyl (C=O) groups excluding carboxylic acids is 2. The van der Waals surface area contributed by atoms with Crippen molar-refractivity contribution in [3.05, 3.63) is 0 Å². The van der Waals surface area contributed by atoms with Crippen LogP contribution in [0.2, 0.25) is 0 Å². The number of carbonyl (C=O) groups is 2. The highest BCUT2D eigenvalue weighted by Gasteiger charge is 2.21. The Balaban J connectivity index is 4.54. The van der Waals surface area contributed by atoms with Gasteiger partial charge in [-0.3, -0.25) is 4.79 Å². The van der Waals surface area contributed by atoms with Gasteiger partial charge in [-0.1, -0.05) is 0 Å². The summed E-state index contributed by atoms with van der Waals surface area (Å²) in [6, 6.07) is -0.162. The zero-order chi connectivity index (χ0) is 14.0. The standard InChI is InChI=1S/C12H24N2O4/c1-5-13(6-2)12(16)14(8-9-17-4)10-11(15)18-7-3/h5-10H2,1-4H3. The van der Waals surface area contributed by atoms with Crippen LogP contribution in [0.1, 0.15) is 20.8 Å². The molecule has 0 saturated heterocycles. The third-order valence-electron chi connectivity index (χ3n) is 2.50. The molecule has 0 aromatic heterocycles. The van der Waals surface area contributed by atoms with Gasteiger partial charge in [0.15, 0.2) is 0 Å². The molecule has 2 amide bonds. The molecule has 0 heterocycles. The van der Waals surface area contributed by atoms with E-state index in [0.29, 0.717) is 32.8 Å². The Morgan fingerprint density at radius 2 is 1.67 bits per heavy atom. The fraction of sp³-hybridized carbons (Fsp3) is 0.833. The van der Waals surface area contributed by atoms with Gasteiger partial charge in [0.2, 0.25) is 0 Å². The second kappa shape index (κ2) is 9.70. The van der Waals surface area contributed by atoms with Crippen molar-refractivity contribution in [3.63, 3.8) is 0 Å². The molecule has 0 atom stereocenters. The molecule has 0 radical (unpaired) electrons. The van der Waals surface area contributed by atoms with Crippen LogP contribution in [0, 0.1) is 0 Å². The van der Waals surface area contributed by atoms with Gasteiger partial charge in [-0.2, -0.15) is 0 Å². The van der Waals surface area contributed by atoms with Gasteiger partial charge in [-0.05, 0) is 20.8 Å². The van der Waals surface area contributed by atoms with Crippen LogP contribution in [0.4, 0.5) is 4.79 Å². The third-order valence-corrected chi connectivity index (χ3v) is 2.50. The van der Waals surface area contributed by atoms with Gasteiger partial charge in [0.25, 0.3) is 0 Å². The molecule has 0 aromatic rings. The maximum Gasteiger partial charge on any atom is 0.325 e. The molecule has 6 nitrogen and oxygen atoms in total. The van der Waals surface area contributed by atoms with Crippen LogP contribution in [0.5, 0.6) is 0 Å². The minimum Gasteiger partial charge on any atom is -0.465 e. The summed E-state index contributed by atoms with van der Waals surface area (Å²) in [7, 11) is 1.56. The molecule has 6 heteroatoms. The molecule has 0 N–H and O–H groups in total. The first-order valence-electron chi connectivity index (χ1n) is 6.28. The normalized spacial score (nSPS) is 10.0. The maximum absolute atomic E-state index is 12.1. The quantitative estimate of drug-likeness (QED) is 0.610. The summed E-state index contributed by atoms with van der Waals surface area (Å²) in [6.07, 6.45) is 0. The van der Waals surface area contributed by atoms with Gasteiger partial charge in [-0.15, -0.1) is 0 Å². The van der Waals surface area contributed by atoms with Crippen LogP contribution in [0.25, 0.3) is 0 Å². The topological polar surface area (TPSA) is 59.1 Å². The van der Waals surface area contributed by atoms with E-state index in [4.69, 9.17) is 9.47 Å². The number of methoxy groups -OCH3 is 1. The molecule has 0 aliphatic rings. The summed E-state index contributed by atoms with van der Waals surface area (Å²) in [5.41, 5.74) is 0. The summed E-state index contributed by atoms with van der Waals surface area (Å²) in [4.78, 5) is 26.7. The van der Waals surface area contributed by atoms with Crippen molar-refractivity contribution >= 4 is 12.0 Å². The molecule has 0 aliphatic heterocycles. The lowest BCUT2D eigenvalue weighted by atomic mass is 10.4. The number of ether oxygens (including phenoxy) is 2. The Bertz CT molecular complexity index is 254. The van der Waals surface area contributed by atoms with Gasteiger partial charge in [0.05, 0.1) is 13.2 Å². The van der Waals surface area contributed by atoms with E-state index in [0.717, 1.165) is 0 Å². The van der Waals surface area contributed by atoms with Crippen LogP contribution < -0.4 is 0 Å². The SMILES string of the molecule is CCOC(=O)CN(CCOC)C(=O)N(CC)CC. The number of amides is 2. The molecule has 0 rings (SSSR count). The summed E-state index contributed by atoms with van der Waals surface area (Å²) in [6.45, 7) is 7.83. The molecule has 0 fully saturated rings. The second-order valence-corrected chi connectivity index (χ2v) is 3.67. The lowest BCUT2D eigenvalue weighted by molar-refractivity contribution is -0.144. The van der Waals surface area contributed by atoms with Crippen LogP contribution in [0.3, 0.4) is 0 Å². The first-order valence-corrected chi connectivity index (χ1v) is 6.28. The average Bonchev–Trinajstić information content (AvgIpc) is 2.36. The van der Waals surface area contributed by atoms with Crippen molar-refractivity contribution in [1.82, 2.24) is 9.80 Å². The second-order valence-electron chi connectivity index (χ2n) is 3.67. The summed E-state index contributed by atoms with van der Waals surface area (Å²) in [5, 5.41) is 0. The van der Waals surface area contributed by atoms with Crippen LogP contribution >= 0.6 is 0 Å². The smallest absolute Gasteiger partial charge is 0.325 e. The molecule has 0 unspecified atom stereocenters. The number of esters is 1. The molecule has 106 valence electrons. The minimum atomic E-state index is -0.394. The van der Waals surface area contributed by atoms with E-state index in [2.05, 4.69) is 0 Å². The highest BCUT2D eigenvalue weighted by molar-refractivity contribution is 5.81. The first kappa shape index (κ1) is 16.7. The highest BCUT2D eigenvalue weighted by atomic mass is 16.5. The van der Waals surface area contributed by atoms with Gasteiger partial charge >= 0.3 is 12.0 Å². The number of hydrogen-bond donors (Lipinski definition) is 0. The Labute approximate surface area is 109 Å². The van der Waals surface area contributed by atoms with Crippen LogP contribution in [-0.2, 0) is 14.3 Å². The predicted octanol–water partition coefficient (Wildman–Crippen LogP) is 0.960. The van der Waals surface area contributed by atoms with E-state index in [-0.39, 0.29) is 12.6 Å². The Hall–Kier alpha value is -1.30. The fourth-order valence-electron chi connectivity index (χ4n) is 1.50. The molecule has 0 aromatic carbocycles. The zero-order valence-corrected chi connectivity index (χ0v) is 11.8. The van der Waals surface area contributed by atoms with Crippen LogP contribution in [-0.4, -0.2) is 68.3 Å². The summed E-state index contributed by atoms with van der Waals surface area (Å²) in [5.74, 6) is -0.394. The molecular formula is C12H24N2O4. The highest BCUT2D eigenvalue weighted by Crippen LogP contribution is 2.00. The van der Waals surface area contributed by atoms with E-state index in [9.17, 15) is 9.59 Å². The Morgan fingerprint density at radius 1 is 1.06 bits per heavy atom. The van der Waals surface area contributed by atoms with Gasteiger partial charge in [0, 0.05) is 26.7 Å². The van der Waals surface area contributed by atoms with Crippen LogP contribution in [0.15, 0.2) is 0 Å². The Kier molecular flexibility index (Phi) is 9.00. The molecule has 0 bridgehead atoms. The average molecular weight is 260 g/mol. The Morgan fingerprint density at radius 3 is 2.11 bits per heavy atom. The monoisotopic (exact) mass is 260 g/mol. The molecule has 0 aliphatic carbocycles. The lowest BCUT2D eigenvalue weighted by Crippen LogP contribution is -2.46. The van der Waals surface area contributed by atoms with Crippen molar-refractivity contribution in [1.29, 1.82) is 0 Å². The number of nitrogens with zero attached hydrogens (tertiary/aromatic N) is 2. The lowest BCUT2D eigenvalue weighted by Gasteiger charge is -2.28. The number of rotatable bonds is 8. The third kappa shape index (κ3) is 5.86. The van der Waals surface area contributed by atoms with Crippen molar-refractivity contribution < 1.29 is 19.1 Å². The van der Waals surface area contributed by atoms with E-state index in [1.54, 1.807) is 18.9 Å². The van der Waals surface area contributed by atoms with Crippen molar-refractivity contribution in [2.45, 2.75) is 20.8 Å². The van der Waals surface area contributed by atoms with Gasteiger partial charge < -0.3 is 19.3 Å². The van der Waals surface area contributed by atoms with Gasteiger partial charge in [-0.25, -0.2) is 4.79 Å². The van der Waals surface area contributed by atoms with Gasteiger partial charge in [0.1, 0.15) is 6.54 Å². The number of urea groups is 1. The predicted molar refractivity (Wildman–Crippen MR) is 68.4 cm³/mol. The maximum atomic E-state index is 12.1. The zero-order valence-electron chi connectivity index (χ0n) is 11.8. The van der Waals surface area contributed by atoms with E-state index < -0.39 is 5.97 Å².